The Morgan fingerprint density at radius 2 is 1.93 bits per heavy atom. The molecule has 2 aromatic carbocycles. The Morgan fingerprint density at radius 1 is 1.17 bits per heavy atom. The van der Waals surface area contributed by atoms with Crippen molar-refractivity contribution in [2.45, 2.75) is 33.2 Å². The number of anilines is 1. The maximum atomic E-state index is 12.9. The average Bonchev–Trinajstić information content (AvgIpc) is 3.09. The van der Waals surface area contributed by atoms with Crippen LogP contribution >= 0.6 is 0 Å². The molecule has 7 nitrogen and oxygen atoms in total. The Balaban J connectivity index is 1.76. The first-order valence-corrected chi connectivity index (χ1v) is 9.58. The first-order valence-electron chi connectivity index (χ1n) is 9.58. The van der Waals surface area contributed by atoms with Crippen molar-refractivity contribution in [1.82, 2.24) is 15.3 Å². The van der Waals surface area contributed by atoms with Crippen molar-refractivity contribution in [3.63, 3.8) is 0 Å². The molecule has 29 heavy (non-hydrogen) atoms. The largest absolute Gasteiger partial charge is 0.497 e. The molecular formula is C22H26N4O3. The number of aryl methyl sites for hydroxylation is 1. The number of nitrogens with zero attached hydrogens (tertiary/aromatic N) is 1. The van der Waals surface area contributed by atoms with E-state index in [0.717, 1.165) is 16.6 Å². The number of nitrogens with one attached hydrogen (secondary N) is 3. The highest BCUT2D eigenvalue weighted by Gasteiger charge is 2.24. The van der Waals surface area contributed by atoms with Gasteiger partial charge in [-0.3, -0.25) is 14.9 Å². The summed E-state index contributed by atoms with van der Waals surface area (Å²) >= 11 is 0. The van der Waals surface area contributed by atoms with E-state index in [4.69, 9.17) is 4.74 Å². The first-order chi connectivity index (χ1) is 13.9. The number of methoxy groups -OCH3 is 1. The molecule has 0 saturated carbocycles. The smallest absolute Gasteiger partial charge is 0.252 e. The number of amides is 2. The summed E-state index contributed by atoms with van der Waals surface area (Å²) in [5, 5.41) is 5.65. The standard InChI is InChI=1S/C22H26N4O3/c1-13(2)11-19(23-20(27)16-10-9-15(29-4)12-14(16)3)21(28)26-22-24-17-7-5-6-8-18(17)25-22/h5-10,12-13,19H,11H2,1-4H3,(H,23,27)(H2,24,25,26,28)/t19-/m0/s1. The van der Waals surface area contributed by atoms with Gasteiger partial charge in [0, 0.05) is 5.56 Å². The van der Waals surface area contributed by atoms with Crippen molar-refractivity contribution in [1.29, 1.82) is 0 Å². The van der Waals surface area contributed by atoms with E-state index in [-0.39, 0.29) is 17.7 Å². The molecule has 3 N–H and O–H groups in total. The van der Waals surface area contributed by atoms with Gasteiger partial charge in [0.25, 0.3) is 5.91 Å². The second kappa shape index (κ2) is 8.77. The minimum absolute atomic E-state index is 0.221. The van der Waals surface area contributed by atoms with Crippen LogP contribution in [-0.4, -0.2) is 34.9 Å². The van der Waals surface area contributed by atoms with E-state index in [9.17, 15) is 9.59 Å². The predicted octanol–water partition coefficient (Wildman–Crippen LogP) is 3.66. The third-order valence-corrected chi connectivity index (χ3v) is 4.64. The first kappa shape index (κ1) is 20.4. The monoisotopic (exact) mass is 394 g/mol. The number of hydrogen-bond donors (Lipinski definition) is 3. The Morgan fingerprint density at radius 3 is 2.59 bits per heavy atom. The maximum absolute atomic E-state index is 12.9. The molecule has 0 aliphatic rings. The zero-order valence-electron chi connectivity index (χ0n) is 17.1. The summed E-state index contributed by atoms with van der Waals surface area (Å²) in [6, 6.07) is 12.1. The molecule has 1 heterocycles. The van der Waals surface area contributed by atoms with Crippen LogP contribution in [0.1, 0.15) is 36.2 Å². The Hall–Kier alpha value is -3.35. The molecule has 1 aromatic heterocycles. The van der Waals surface area contributed by atoms with Crippen molar-refractivity contribution in [3.05, 3.63) is 53.6 Å². The molecule has 0 bridgehead atoms. The molecule has 3 rings (SSSR count). The molecule has 0 unspecified atom stereocenters. The fourth-order valence-corrected chi connectivity index (χ4v) is 3.17. The summed E-state index contributed by atoms with van der Waals surface area (Å²) in [6.07, 6.45) is 0.507. The van der Waals surface area contributed by atoms with Crippen molar-refractivity contribution in [2.24, 2.45) is 5.92 Å². The van der Waals surface area contributed by atoms with Crippen LogP contribution in [0, 0.1) is 12.8 Å². The highest BCUT2D eigenvalue weighted by atomic mass is 16.5. The lowest BCUT2D eigenvalue weighted by Crippen LogP contribution is -2.44. The molecule has 0 saturated heterocycles. The zero-order valence-corrected chi connectivity index (χ0v) is 17.1. The number of imidazole rings is 1. The third-order valence-electron chi connectivity index (χ3n) is 4.64. The van der Waals surface area contributed by atoms with Gasteiger partial charge in [0.15, 0.2) is 0 Å². The number of rotatable bonds is 7. The van der Waals surface area contributed by atoms with Gasteiger partial charge < -0.3 is 15.0 Å². The van der Waals surface area contributed by atoms with Gasteiger partial charge in [-0.2, -0.15) is 0 Å². The van der Waals surface area contributed by atoms with Crippen molar-refractivity contribution in [2.75, 3.05) is 12.4 Å². The van der Waals surface area contributed by atoms with Crippen LogP contribution in [0.3, 0.4) is 0 Å². The van der Waals surface area contributed by atoms with Crippen LogP contribution in [-0.2, 0) is 4.79 Å². The van der Waals surface area contributed by atoms with E-state index in [0.29, 0.717) is 23.7 Å². The number of aromatic amines is 1. The van der Waals surface area contributed by atoms with Crippen LogP contribution in [0.5, 0.6) is 5.75 Å². The molecule has 2 amide bonds. The molecule has 0 fully saturated rings. The number of carbonyl (C=O) groups excluding carboxylic acids is 2. The van der Waals surface area contributed by atoms with E-state index < -0.39 is 6.04 Å². The number of fused-ring (bicyclic) bond motifs is 1. The van der Waals surface area contributed by atoms with Gasteiger partial charge in [0.1, 0.15) is 11.8 Å². The Bertz CT molecular complexity index is 993. The minimum atomic E-state index is -0.683. The molecular weight excluding hydrogens is 368 g/mol. The molecule has 3 aromatic rings. The lowest BCUT2D eigenvalue weighted by Gasteiger charge is -2.20. The van der Waals surface area contributed by atoms with E-state index in [1.807, 2.05) is 45.0 Å². The maximum Gasteiger partial charge on any atom is 0.252 e. The SMILES string of the molecule is COc1ccc(C(=O)N[C@@H](CC(C)C)C(=O)Nc2nc3ccccc3[nH]2)c(C)c1. The van der Waals surface area contributed by atoms with Crippen LogP contribution < -0.4 is 15.4 Å². The second-order valence-electron chi connectivity index (χ2n) is 7.43. The van der Waals surface area contributed by atoms with Crippen LogP contribution in [0.15, 0.2) is 42.5 Å². The highest BCUT2D eigenvalue weighted by Crippen LogP contribution is 2.18. The van der Waals surface area contributed by atoms with E-state index in [2.05, 4.69) is 20.6 Å². The molecule has 7 heteroatoms. The van der Waals surface area contributed by atoms with E-state index >= 15 is 0 Å². The van der Waals surface area contributed by atoms with Crippen molar-refractivity contribution >= 4 is 28.8 Å². The number of benzene rings is 2. The molecule has 152 valence electrons. The van der Waals surface area contributed by atoms with Crippen molar-refractivity contribution < 1.29 is 14.3 Å². The van der Waals surface area contributed by atoms with Crippen LogP contribution in [0.2, 0.25) is 0 Å². The fourth-order valence-electron chi connectivity index (χ4n) is 3.17. The normalized spacial score (nSPS) is 12.0. The van der Waals surface area contributed by atoms with Gasteiger partial charge >= 0.3 is 0 Å². The zero-order chi connectivity index (χ0) is 21.0. The van der Waals surface area contributed by atoms with Gasteiger partial charge in [-0.1, -0.05) is 26.0 Å². The lowest BCUT2D eigenvalue weighted by molar-refractivity contribution is -0.118. The molecule has 0 spiro atoms. The summed E-state index contributed by atoms with van der Waals surface area (Å²) in [4.78, 5) is 33.1. The Labute approximate surface area is 169 Å². The number of carbonyl (C=O) groups is 2. The van der Waals surface area contributed by atoms with Gasteiger partial charge in [-0.25, -0.2) is 4.98 Å². The molecule has 0 radical (unpaired) electrons. The van der Waals surface area contributed by atoms with E-state index in [1.54, 1.807) is 25.3 Å². The summed E-state index contributed by atoms with van der Waals surface area (Å²) < 4.78 is 5.19. The second-order valence-corrected chi connectivity index (χ2v) is 7.43. The molecule has 1 atom stereocenters. The van der Waals surface area contributed by atoms with Crippen LogP contribution in [0.25, 0.3) is 11.0 Å². The number of aromatic nitrogens is 2. The van der Waals surface area contributed by atoms with Crippen LogP contribution in [0.4, 0.5) is 5.95 Å². The summed E-state index contributed by atoms with van der Waals surface area (Å²) in [7, 11) is 1.58. The number of hydrogen-bond acceptors (Lipinski definition) is 4. The minimum Gasteiger partial charge on any atom is -0.497 e. The molecule has 0 aliphatic heterocycles. The fraction of sp³-hybridized carbons (Fsp3) is 0.318. The third kappa shape index (κ3) is 4.93. The lowest BCUT2D eigenvalue weighted by atomic mass is 10.0. The van der Waals surface area contributed by atoms with Gasteiger partial charge in [0.2, 0.25) is 11.9 Å². The average molecular weight is 394 g/mol. The Kier molecular flexibility index (Phi) is 6.16. The van der Waals surface area contributed by atoms with E-state index in [1.165, 1.54) is 0 Å². The number of ether oxygens (including phenoxy) is 1. The summed E-state index contributed by atoms with van der Waals surface area (Å²) in [5.41, 5.74) is 2.89. The van der Waals surface area contributed by atoms with Gasteiger partial charge in [-0.15, -0.1) is 0 Å². The van der Waals surface area contributed by atoms with Crippen molar-refractivity contribution in [3.8, 4) is 5.75 Å². The van der Waals surface area contributed by atoms with Gasteiger partial charge in [0.05, 0.1) is 18.1 Å². The van der Waals surface area contributed by atoms with Gasteiger partial charge in [-0.05, 0) is 55.2 Å². The quantitative estimate of drug-likeness (QED) is 0.570. The summed E-state index contributed by atoms with van der Waals surface area (Å²) in [5.74, 6) is 0.659. The highest BCUT2D eigenvalue weighted by molar-refractivity contribution is 6.01. The topological polar surface area (TPSA) is 96.1 Å². The number of H-pyrrole nitrogens is 1. The predicted molar refractivity (Wildman–Crippen MR) is 113 cm³/mol. The number of para-hydroxylation sites is 2. The summed E-state index contributed by atoms with van der Waals surface area (Å²) in [6.45, 7) is 5.85. The molecule has 0 aliphatic carbocycles.